The van der Waals surface area contributed by atoms with Crippen molar-refractivity contribution in [2.45, 2.75) is 25.9 Å². The molecule has 2 rings (SSSR count). The Balaban J connectivity index is 1.75. The number of hydrogen-bond donors (Lipinski definition) is 2. The summed E-state index contributed by atoms with van der Waals surface area (Å²) in [5.74, 6) is 0.743. The first-order valence-electron chi connectivity index (χ1n) is 7.44. The van der Waals surface area contributed by atoms with E-state index in [0.717, 1.165) is 18.1 Å². The number of likely N-dealkylation sites (N-methyl/N-ethyl adjacent to an activating group) is 1. The van der Waals surface area contributed by atoms with Gasteiger partial charge in [-0.3, -0.25) is 0 Å². The Labute approximate surface area is 125 Å². The van der Waals surface area contributed by atoms with Crippen molar-refractivity contribution in [1.82, 2.24) is 4.90 Å². The van der Waals surface area contributed by atoms with Crippen molar-refractivity contribution in [1.29, 1.82) is 0 Å². The molecule has 0 radical (unpaired) electrons. The van der Waals surface area contributed by atoms with Crippen LogP contribution < -0.4 is 5.32 Å². The Hall–Kier alpha value is -1.59. The maximum absolute atomic E-state index is 12.0. The molecule has 0 aliphatic heterocycles. The molecule has 0 bridgehead atoms. The lowest BCUT2D eigenvalue weighted by atomic mass is 10.1. The molecule has 1 saturated carbocycles. The van der Waals surface area contributed by atoms with Crippen molar-refractivity contribution in [3.63, 3.8) is 0 Å². The van der Waals surface area contributed by atoms with E-state index < -0.39 is 6.10 Å². The van der Waals surface area contributed by atoms with Gasteiger partial charge in [0.05, 0.1) is 12.7 Å². The molecule has 0 spiro atoms. The molecule has 2 amide bonds. The first kappa shape index (κ1) is 15.8. The molecule has 1 aromatic carbocycles. The van der Waals surface area contributed by atoms with Gasteiger partial charge >= 0.3 is 6.03 Å². The lowest BCUT2D eigenvalue weighted by molar-refractivity contribution is 0.109. The molecule has 0 heterocycles. The molecule has 0 saturated heterocycles. The zero-order valence-corrected chi connectivity index (χ0v) is 12.7. The summed E-state index contributed by atoms with van der Waals surface area (Å²) in [5, 5.41) is 12.4. The Morgan fingerprint density at radius 3 is 2.95 bits per heavy atom. The first-order chi connectivity index (χ1) is 10.1. The predicted molar refractivity (Wildman–Crippen MR) is 82.3 cm³/mol. The summed E-state index contributed by atoms with van der Waals surface area (Å²) in [6, 6.07) is 7.06. The van der Waals surface area contributed by atoms with E-state index in [2.05, 4.69) is 5.32 Å². The highest BCUT2D eigenvalue weighted by Crippen LogP contribution is 2.28. The number of rotatable bonds is 7. The molecule has 21 heavy (non-hydrogen) atoms. The first-order valence-corrected chi connectivity index (χ1v) is 7.44. The monoisotopic (exact) mass is 292 g/mol. The number of carbonyl (C=O) groups excluding carboxylic acids is 1. The third-order valence-electron chi connectivity index (χ3n) is 3.59. The number of benzene rings is 1. The largest absolute Gasteiger partial charge is 0.389 e. The maximum Gasteiger partial charge on any atom is 0.321 e. The van der Waals surface area contributed by atoms with Crippen LogP contribution in [0.25, 0.3) is 0 Å². The van der Waals surface area contributed by atoms with Crippen molar-refractivity contribution < 1.29 is 14.6 Å². The van der Waals surface area contributed by atoms with Gasteiger partial charge in [-0.2, -0.15) is 0 Å². The van der Waals surface area contributed by atoms with Gasteiger partial charge in [-0.1, -0.05) is 12.1 Å². The average molecular weight is 292 g/mol. The van der Waals surface area contributed by atoms with Crippen LogP contribution in [0.1, 0.15) is 31.4 Å². The van der Waals surface area contributed by atoms with E-state index in [1.54, 1.807) is 31.0 Å². The topological polar surface area (TPSA) is 61.8 Å². The maximum atomic E-state index is 12.0. The lowest BCUT2D eigenvalue weighted by Crippen LogP contribution is -2.34. The normalized spacial score (nSPS) is 15.6. The lowest BCUT2D eigenvalue weighted by Gasteiger charge is -2.18. The fourth-order valence-electron chi connectivity index (χ4n) is 1.93. The van der Waals surface area contributed by atoms with Crippen LogP contribution in [0.4, 0.5) is 10.5 Å². The summed E-state index contributed by atoms with van der Waals surface area (Å²) in [4.78, 5) is 13.6. The number of carbonyl (C=O) groups is 1. The average Bonchev–Trinajstić information content (AvgIpc) is 3.27. The summed E-state index contributed by atoms with van der Waals surface area (Å²) in [6.45, 7) is 3.64. The number of hydrogen-bond acceptors (Lipinski definition) is 3. The van der Waals surface area contributed by atoms with Crippen molar-refractivity contribution in [3.05, 3.63) is 29.8 Å². The molecule has 1 atom stereocenters. The molecule has 5 heteroatoms. The van der Waals surface area contributed by atoms with Gasteiger partial charge < -0.3 is 20.1 Å². The highest BCUT2D eigenvalue weighted by molar-refractivity contribution is 5.89. The van der Waals surface area contributed by atoms with Crippen LogP contribution in [0.15, 0.2) is 24.3 Å². The highest BCUT2D eigenvalue weighted by atomic mass is 16.5. The zero-order valence-electron chi connectivity index (χ0n) is 12.7. The molecule has 0 aromatic heterocycles. The van der Waals surface area contributed by atoms with E-state index in [9.17, 15) is 9.90 Å². The van der Waals surface area contributed by atoms with Gasteiger partial charge in [-0.05, 0) is 43.4 Å². The second-order valence-corrected chi connectivity index (χ2v) is 5.67. The third kappa shape index (κ3) is 5.36. The number of aliphatic hydroxyl groups is 1. The SMILES string of the molecule is CC(O)c1cccc(NC(=O)N(C)CCOCC2CC2)c1. The van der Waals surface area contributed by atoms with E-state index in [1.807, 2.05) is 12.1 Å². The summed E-state index contributed by atoms with van der Waals surface area (Å²) in [7, 11) is 1.74. The number of ether oxygens (including phenoxy) is 1. The second-order valence-electron chi connectivity index (χ2n) is 5.67. The van der Waals surface area contributed by atoms with Crippen molar-refractivity contribution in [3.8, 4) is 0 Å². The molecule has 116 valence electrons. The minimum absolute atomic E-state index is 0.173. The van der Waals surface area contributed by atoms with Crippen LogP contribution in [0, 0.1) is 5.92 Å². The number of anilines is 1. The highest BCUT2D eigenvalue weighted by Gasteiger charge is 2.21. The Morgan fingerprint density at radius 1 is 1.52 bits per heavy atom. The van der Waals surface area contributed by atoms with Gasteiger partial charge in [-0.25, -0.2) is 4.79 Å². The van der Waals surface area contributed by atoms with Crippen molar-refractivity contribution in [2.75, 3.05) is 32.1 Å². The predicted octanol–water partition coefficient (Wildman–Crippen LogP) is 2.63. The zero-order chi connectivity index (χ0) is 15.2. The van der Waals surface area contributed by atoms with Gasteiger partial charge in [0.15, 0.2) is 0 Å². The van der Waals surface area contributed by atoms with Gasteiger partial charge in [0.25, 0.3) is 0 Å². The quantitative estimate of drug-likeness (QED) is 0.759. The van der Waals surface area contributed by atoms with Crippen molar-refractivity contribution in [2.24, 2.45) is 5.92 Å². The Bertz CT molecular complexity index is 472. The summed E-state index contributed by atoms with van der Waals surface area (Å²) in [6.07, 6.45) is 2.00. The number of aliphatic hydroxyl groups excluding tert-OH is 1. The van der Waals surface area contributed by atoms with E-state index >= 15 is 0 Å². The summed E-state index contributed by atoms with van der Waals surface area (Å²) < 4.78 is 5.52. The van der Waals surface area contributed by atoms with Crippen LogP contribution in [-0.4, -0.2) is 42.8 Å². The van der Waals surface area contributed by atoms with Crippen LogP contribution in [0.2, 0.25) is 0 Å². The van der Waals surface area contributed by atoms with E-state index in [1.165, 1.54) is 12.8 Å². The van der Waals surface area contributed by atoms with Crippen molar-refractivity contribution >= 4 is 11.7 Å². The number of nitrogens with zero attached hydrogens (tertiary/aromatic N) is 1. The summed E-state index contributed by atoms with van der Waals surface area (Å²) >= 11 is 0. The van der Waals surface area contributed by atoms with Gasteiger partial charge in [0, 0.05) is 25.9 Å². The molecule has 1 fully saturated rings. The van der Waals surface area contributed by atoms with Crippen LogP contribution in [0.5, 0.6) is 0 Å². The molecule has 5 nitrogen and oxygen atoms in total. The van der Waals surface area contributed by atoms with Crippen LogP contribution in [0.3, 0.4) is 0 Å². The molecule has 1 unspecified atom stereocenters. The van der Waals surface area contributed by atoms with E-state index in [0.29, 0.717) is 18.8 Å². The second kappa shape index (κ2) is 7.43. The standard InChI is InChI=1S/C16H24N2O3/c1-12(19)14-4-3-5-15(10-14)17-16(20)18(2)8-9-21-11-13-6-7-13/h3-5,10,12-13,19H,6-9,11H2,1-2H3,(H,17,20). The minimum Gasteiger partial charge on any atom is -0.389 e. The third-order valence-corrected chi connectivity index (χ3v) is 3.59. The fourth-order valence-corrected chi connectivity index (χ4v) is 1.93. The minimum atomic E-state index is -0.546. The molecular weight excluding hydrogens is 268 g/mol. The van der Waals surface area contributed by atoms with Crippen LogP contribution in [-0.2, 0) is 4.74 Å². The Kier molecular flexibility index (Phi) is 5.59. The number of nitrogens with one attached hydrogen (secondary N) is 1. The molecular formula is C16H24N2O3. The smallest absolute Gasteiger partial charge is 0.321 e. The molecule has 2 N–H and O–H groups in total. The van der Waals surface area contributed by atoms with Gasteiger partial charge in [-0.15, -0.1) is 0 Å². The molecule has 1 aliphatic carbocycles. The fraction of sp³-hybridized carbons (Fsp3) is 0.562. The van der Waals surface area contributed by atoms with E-state index in [4.69, 9.17) is 4.74 Å². The van der Waals surface area contributed by atoms with Crippen LogP contribution >= 0.6 is 0 Å². The summed E-state index contributed by atoms with van der Waals surface area (Å²) in [5.41, 5.74) is 1.47. The van der Waals surface area contributed by atoms with Gasteiger partial charge in [0.1, 0.15) is 0 Å². The number of amides is 2. The number of urea groups is 1. The van der Waals surface area contributed by atoms with Gasteiger partial charge in [0.2, 0.25) is 0 Å². The van der Waals surface area contributed by atoms with E-state index in [-0.39, 0.29) is 6.03 Å². The molecule has 1 aliphatic rings. The Morgan fingerprint density at radius 2 is 2.29 bits per heavy atom. The molecule has 1 aromatic rings.